The topological polar surface area (TPSA) is 202 Å². The molecule has 2 aliphatic heterocycles. The van der Waals surface area contributed by atoms with E-state index in [1.54, 1.807) is 24.3 Å². The third-order valence-electron chi connectivity index (χ3n) is 6.82. The number of aliphatic hydroxyl groups excluding tert-OH is 5. The van der Waals surface area contributed by atoms with E-state index in [2.05, 4.69) is 0 Å². The van der Waals surface area contributed by atoms with Crippen LogP contribution in [0.4, 0.5) is 0 Å². The molecule has 1 aliphatic carbocycles. The zero-order valence-corrected chi connectivity index (χ0v) is 20.8. The van der Waals surface area contributed by atoms with Crippen molar-refractivity contribution >= 4 is 18.0 Å². The predicted molar refractivity (Wildman–Crippen MR) is 130 cm³/mol. The Morgan fingerprint density at radius 2 is 1.72 bits per heavy atom. The summed E-state index contributed by atoms with van der Waals surface area (Å²) in [6, 6.07) is 6.93. The highest BCUT2D eigenvalue weighted by Crippen LogP contribution is 2.44. The maximum atomic E-state index is 12.4. The van der Waals surface area contributed by atoms with Gasteiger partial charge in [-0.25, -0.2) is 9.59 Å². The molecule has 0 aromatic heterocycles. The zero-order valence-electron chi connectivity index (χ0n) is 20.8. The first-order valence-corrected chi connectivity index (χ1v) is 12.1. The molecule has 1 fully saturated rings. The van der Waals surface area contributed by atoms with Gasteiger partial charge in [-0.15, -0.1) is 0 Å². The van der Waals surface area contributed by atoms with E-state index in [-0.39, 0.29) is 12.2 Å². The quantitative estimate of drug-likeness (QED) is 0.123. The number of carbonyl (C=O) groups excluding carboxylic acids is 1. The molecule has 0 bridgehead atoms. The van der Waals surface area contributed by atoms with Gasteiger partial charge >= 0.3 is 11.9 Å². The van der Waals surface area contributed by atoms with Crippen LogP contribution in [0.15, 0.2) is 53.8 Å². The lowest BCUT2D eigenvalue weighted by atomic mass is 9.82. The molecular weight excluding hydrogens is 520 g/mol. The maximum absolute atomic E-state index is 12.4. The van der Waals surface area contributed by atoms with Gasteiger partial charge in [0, 0.05) is 12.0 Å². The van der Waals surface area contributed by atoms with Crippen molar-refractivity contribution in [3.8, 4) is 5.75 Å². The minimum atomic E-state index is -1.74. The summed E-state index contributed by atoms with van der Waals surface area (Å²) < 4.78 is 27.0. The van der Waals surface area contributed by atoms with Crippen molar-refractivity contribution in [3.63, 3.8) is 0 Å². The highest BCUT2D eigenvalue weighted by molar-refractivity contribution is 5.88. The van der Waals surface area contributed by atoms with Crippen molar-refractivity contribution in [1.82, 2.24) is 0 Å². The Labute approximate surface area is 222 Å². The molecule has 13 nitrogen and oxygen atoms in total. The van der Waals surface area contributed by atoms with Crippen molar-refractivity contribution in [2.24, 2.45) is 11.8 Å². The number of aliphatic carboxylic acids is 1. The largest absolute Gasteiger partial charge is 0.497 e. The van der Waals surface area contributed by atoms with E-state index in [0.717, 1.165) is 6.26 Å². The van der Waals surface area contributed by atoms with Crippen molar-refractivity contribution in [2.45, 2.75) is 43.1 Å². The number of carboxylic acids is 1. The van der Waals surface area contributed by atoms with Gasteiger partial charge in [-0.05, 0) is 29.3 Å². The van der Waals surface area contributed by atoms with Crippen LogP contribution in [0.3, 0.4) is 0 Å². The molecule has 0 amide bonds. The third kappa shape index (κ3) is 6.15. The first kappa shape index (κ1) is 28.7. The monoisotopic (exact) mass is 550 g/mol. The first-order valence-electron chi connectivity index (χ1n) is 12.1. The van der Waals surface area contributed by atoms with Gasteiger partial charge in [0.1, 0.15) is 36.8 Å². The van der Waals surface area contributed by atoms with E-state index < -0.39 is 73.5 Å². The molecule has 2 heterocycles. The highest BCUT2D eigenvalue weighted by atomic mass is 16.8. The Kier molecular flexibility index (Phi) is 9.02. The Morgan fingerprint density at radius 3 is 2.36 bits per heavy atom. The fourth-order valence-corrected chi connectivity index (χ4v) is 4.75. The zero-order chi connectivity index (χ0) is 28.3. The number of carboxylic acid groups (broad SMARTS) is 1. The van der Waals surface area contributed by atoms with Crippen LogP contribution in [0.1, 0.15) is 5.56 Å². The number of methoxy groups -OCH3 is 1. The fourth-order valence-electron chi connectivity index (χ4n) is 4.75. The summed E-state index contributed by atoms with van der Waals surface area (Å²) in [5.74, 6) is -3.43. The molecule has 0 spiro atoms. The third-order valence-corrected chi connectivity index (χ3v) is 6.82. The Morgan fingerprint density at radius 1 is 1.00 bits per heavy atom. The number of ether oxygens (including phenoxy) is 5. The van der Waals surface area contributed by atoms with E-state index in [4.69, 9.17) is 23.7 Å². The van der Waals surface area contributed by atoms with Gasteiger partial charge in [0.05, 0.1) is 37.6 Å². The van der Waals surface area contributed by atoms with Crippen LogP contribution in [0.5, 0.6) is 5.75 Å². The summed E-state index contributed by atoms with van der Waals surface area (Å²) in [4.78, 5) is 24.2. The van der Waals surface area contributed by atoms with Gasteiger partial charge in [0.2, 0.25) is 6.29 Å². The lowest BCUT2D eigenvalue weighted by Crippen LogP contribution is -2.60. The van der Waals surface area contributed by atoms with Crippen molar-refractivity contribution in [2.75, 3.05) is 20.3 Å². The lowest BCUT2D eigenvalue weighted by Gasteiger charge is -2.43. The molecule has 1 saturated heterocycles. The summed E-state index contributed by atoms with van der Waals surface area (Å²) in [5.41, 5.74) is 0.756. The minimum Gasteiger partial charge on any atom is -0.497 e. The van der Waals surface area contributed by atoms with Crippen molar-refractivity contribution in [1.29, 1.82) is 0 Å². The van der Waals surface area contributed by atoms with Gasteiger partial charge < -0.3 is 54.3 Å². The van der Waals surface area contributed by atoms with Crippen molar-refractivity contribution in [3.05, 3.63) is 59.4 Å². The molecule has 4 rings (SSSR count). The number of fused-ring (bicyclic) bond motifs is 1. The minimum absolute atomic E-state index is 0.252. The Bertz CT molecular complexity index is 1130. The van der Waals surface area contributed by atoms with Crippen LogP contribution in [-0.4, -0.2) is 106 Å². The van der Waals surface area contributed by atoms with E-state index >= 15 is 0 Å². The highest BCUT2D eigenvalue weighted by Gasteiger charge is 2.52. The molecule has 9 atom stereocenters. The van der Waals surface area contributed by atoms with E-state index in [0.29, 0.717) is 16.9 Å². The smallest absolute Gasteiger partial charge is 0.335 e. The maximum Gasteiger partial charge on any atom is 0.335 e. The lowest BCUT2D eigenvalue weighted by molar-refractivity contribution is -0.340. The van der Waals surface area contributed by atoms with E-state index in [1.807, 2.05) is 0 Å². The fraction of sp³-hybridized carbons (Fsp3) is 0.462. The van der Waals surface area contributed by atoms with Crippen LogP contribution in [0.25, 0.3) is 6.08 Å². The average molecular weight is 551 g/mol. The second-order valence-electron chi connectivity index (χ2n) is 9.21. The van der Waals surface area contributed by atoms with Gasteiger partial charge in [-0.2, -0.15) is 0 Å². The van der Waals surface area contributed by atoms with Crippen LogP contribution < -0.4 is 4.74 Å². The molecule has 1 aromatic rings. The van der Waals surface area contributed by atoms with Gasteiger partial charge in [-0.1, -0.05) is 18.2 Å². The van der Waals surface area contributed by atoms with E-state index in [1.165, 1.54) is 25.3 Å². The summed E-state index contributed by atoms with van der Waals surface area (Å²) in [6.45, 7) is -1.02. The SMILES string of the molecule is COc1ccc(/C=C/C(=O)OCC2=C[C@H](O)[C@@H]3C(C(=O)O)=CO[C@@H](O[C@@H]4O[C@H](CO)[C@@H](O)[C@H](O)[C@H]4O)[C@H]23)cc1. The van der Waals surface area contributed by atoms with Crippen LogP contribution in [0.2, 0.25) is 0 Å². The molecule has 212 valence electrons. The summed E-state index contributed by atoms with van der Waals surface area (Å²) in [5, 5.41) is 60.2. The number of hydrogen-bond acceptors (Lipinski definition) is 12. The Balaban J connectivity index is 1.48. The molecule has 3 aliphatic rings. The van der Waals surface area contributed by atoms with Crippen molar-refractivity contribution < 1.29 is 63.9 Å². The number of rotatable bonds is 9. The number of aliphatic hydroxyl groups is 5. The second-order valence-corrected chi connectivity index (χ2v) is 9.21. The molecule has 39 heavy (non-hydrogen) atoms. The van der Waals surface area contributed by atoms with Gasteiger partial charge in [0.15, 0.2) is 6.29 Å². The number of benzene rings is 1. The molecule has 0 radical (unpaired) electrons. The van der Waals surface area contributed by atoms with Crippen LogP contribution in [-0.2, 0) is 28.5 Å². The average Bonchev–Trinajstić information content (AvgIpc) is 3.27. The van der Waals surface area contributed by atoms with Gasteiger partial charge in [-0.3, -0.25) is 0 Å². The van der Waals surface area contributed by atoms with E-state index in [9.17, 15) is 40.2 Å². The normalized spacial score (nSPS) is 34.1. The predicted octanol–water partition coefficient (Wildman–Crippen LogP) is -1.07. The number of carbonyl (C=O) groups is 2. The molecule has 13 heteroatoms. The second kappa shape index (κ2) is 12.3. The summed E-state index contributed by atoms with van der Waals surface area (Å²) in [7, 11) is 1.54. The standard InChI is InChI=1S/C26H30O13/c1-35-14-5-2-12(3-6-14)4-7-18(29)36-10-13-8-16(28)20-15(24(33)34)11-37-25(19(13)20)39-26-23(32)22(31)21(30)17(9-27)38-26/h2-8,11,16-17,19-23,25-28,30-32H,9-10H2,1H3,(H,33,34)/b7-4+/t16-,17+,19+,20-,21+,22-,23+,25-,26-/m0/s1. The van der Waals surface area contributed by atoms with Crippen LogP contribution in [0, 0.1) is 11.8 Å². The summed E-state index contributed by atoms with van der Waals surface area (Å²) in [6.07, 6.45) is -5.56. The summed E-state index contributed by atoms with van der Waals surface area (Å²) >= 11 is 0. The van der Waals surface area contributed by atoms with Gasteiger partial charge in [0.25, 0.3) is 0 Å². The molecule has 6 N–H and O–H groups in total. The molecule has 0 saturated carbocycles. The molecule has 1 aromatic carbocycles. The molecular formula is C26H30O13. The van der Waals surface area contributed by atoms with Crippen LogP contribution >= 0.6 is 0 Å². The first-order chi connectivity index (χ1) is 18.6. The number of hydrogen-bond donors (Lipinski definition) is 6. The molecule has 0 unspecified atom stereocenters. The number of esters is 1. The Hall–Kier alpha value is -3.30.